The molecule has 4 heteroatoms. The van der Waals surface area contributed by atoms with Crippen LogP contribution in [0.1, 0.15) is 24.8 Å². The van der Waals surface area contributed by atoms with E-state index in [-0.39, 0.29) is 5.91 Å². The van der Waals surface area contributed by atoms with E-state index >= 15 is 0 Å². The molecule has 0 unspecified atom stereocenters. The third kappa shape index (κ3) is 2.57. The summed E-state index contributed by atoms with van der Waals surface area (Å²) in [4.78, 5) is 12.9. The molecular weight excluding hydrogens is 298 g/mol. The van der Waals surface area contributed by atoms with Crippen molar-refractivity contribution in [1.29, 1.82) is 0 Å². The van der Waals surface area contributed by atoms with E-state index in [0.717, 1.165) is 24.8 Å². The van der Waals surface area contributed by atoms with E-state index in [4.69, 9.17) is 16.3 Å². The van der Waals surface area contributed by atoms with E-state index in [1.165, 1.54) is 0 Å². The number of carbonyl (C=O) groups is 1. The molecule has 0 radical (unpaired) electrons. The Kier molecular flexibility index (Phi) is 4.08. The second-order valence-corrected chi connectivity index (χ2v) is 6.04. The lowest BCUT2D eigenvalue weighted by Gasteiger charge is -2.40. The number of hydrogen-bond acceptors (Lipinski definition) is 2. The first-order valence-electron chi connectivity index (χ1n) is 7.36. The number of benzene rings is 2. The average Bonchev–Trinajstić information content (AvgIpc) is 2.47. The van der Waals surface area contributed by atoms with Gasteiger partial charge in [0.15, 0.2) is 0 Å². The van der Waals surface area contributed by atoms with Crippen molar-refractivity contribution in [1.82, 2.24) is 0 Å². The number of methoxy groups -OCH3 is 1. The fraction of sp³-hybridized carbons (Fsp3) is 0.278. The minimum Gasteiger partial charge on any atom is -0.495 e. The maximum atomic E-state index is 12.9. The van der Waals surface area contributed by atoms with E-state index in [1.54, 1.807) is 25.3 Å². The Morgan fingerprint density at radius 3 is 2.50 bits per heavy atom. The van der Waals surface area contributed by atoms with Crippen LogP contribution in [0.5, 0.6) is 5.75 Å². The van der Waals surface area contributed by atoms with Crippen LogP contribution < -0.4 is 10.1 Å². The van der Waals surface area contributed by atoms with Crippen molar-refractivity contribution in [3.63, 3.8) is 0 Å². The summed E-state index contributed by atoms with van der Waals surface area (Å²) in [6.07, 6.45) is 2.80. The van der Waals surface area contributed by atoms with Crippen LogP contribution in [0.2, 0.25) is 5.02 Å². The molecule has 1 saturated carbocycles. The molecule has 0 aliphatic heterocycles. The molecule has 1 N–H and O–H groups in total. The molecular formula is C18H18ClNO2. The lowest BCUT2D eigenvalue weighted by Crippen LogP contribution is -2.46. The summed E-state index contributed by atoms with van der Waals surface area (Å²) < 4.78 is 5.30. The molecule has 3 nitrogen and oxygen atoms in total. The molecule has 1 aliphatic rings. The molecule has 1 amide bonds. The Hall–Kier alpha value is -2.00. The van der Waals surface area contributed by atoms with Crippen LogP contribution in [0.4, 0.5) is 5.69 Å². The molecule has 2 aromatic rings. The molecule has 1 fully saturated rings. The fourth-order valence-electron chi connectivity index (χ4n) is 2.95. The van der Waals surface area contributed by atoms with Crippen molar-refractivity contribution in [2.75, 3.05) is 12.4 Å². The van der Waals surface area contributed by atoms with Crippen molar-refractivity contribution in [2.45, 2.75) is 24.7 Å². The highest BCUT2D eigenvalue weighted by atomic mass is 35.5. The van der Waals surface area contributed by atoms with Gasteiger partial charge in [-0.25, -0.2) is 0 Å². The number of ether oxygens (including phenoxy) is 1. The molecule has 0 heterocycles. The molecule has 0 bridgehead atoms. The minimum atomic E-state index is -0.436. The highest BCUT2D eigenvalue weighted by Crippen LogP contribution is 2.45. The molecule has 3 rings (SSSR count). The number of carbonyl (C=O) groups excluding carboxylic acids is 1. The maximum Gasteiger partial charge on any atom is 0.235 e. The summed E-state index contributed by atoms with van der Waals surface area (Å²) in [5.74, 6) is 0.616. The van der Waals surface area contributed by atoms with Gasteiger partial charge in [0.25, 0.3) is 0 Å². The van der Waals surface area contributed by atoms with Gasteiger partial charge in [0.2, 0.25) is 5.91 Å². The van der Waals surface area contributed by atoms with Crippen molar-refractivity contribution in [3.8, 4) is 5.75 Å². The van der Waals surface area contributed by atoms with Gasteiger partial charge in [0, 0.05) is 5.02 Å². The van der Waals surface area contributed by atoms with E-state index in [0.29, 0.717) is 16.5 Å². The predicted molar refractivity (Wildman–Crippen MR) is 88.6 cm³/mol. The first kappa shape index (κ1) is 14.9. The summed E-state index contributed by atoms with van der Waals surface area (Å²) >= 11 is 6.03. The molecule has 114 valence electrons. The van der Waals surface area contributed by atoms with Crippen molar-refractivity contribution >= 4 is 23.2 Å². The lowest BCUT2D eigenvalue weighted by molar-refractivity contribution is -0.124. The van der Waals surface area contributed by atoms with Gasteiger partial charge in [-0.05, 0) is 36.6 Å². The van der Waals surface area contributed by atoms with Crippen LogP contribution in [-0.2, 0) is 10.2 Å². The van der Waals surface area contributed by atoms with Crippen LogP contribution in [0, 0.1) is 0 Å². The number of halogens is 1. The smallest absolute Gasteiger partial charge is 0.235 e. The molecule has 1 aliphatic carbocycles. The highest BCUT2D eigenvalue weighted by molar-refractivity contribution is 6.31. The fourth-order valence-corrected chi connectivity index (χ4v) is 3.13. The first-order chi connectivity index (χ1) is 10.7. The topological polar surface area (TPSA) is 38.3 Å². The Morgan fingerprint density at radius 1 is 1.18 bits per heavy atom. The minimum absolute atomic E-state index is 0.00511. The monoisotopic (exact) mass is 315 g/mol. The number of rotatable bonds is 4. The largest absolute Gasteiger partial charge is 0.495 e. The highest BCUT2D eigenvalue weighted by Gasteiger charge is 2.45. The van der Waals surface area contributed by atoms with Gasteiger partial charge in [-0.15, -0.1) is 0 Å². The van der Waals surface area contributed by atoms with E-state index < -0.39 is 5.41 Å². The third-order valence-corrected chi connectivity index (χ3v) is 4.61. The van der Waals surface area contributed by atoms with Crippen LogP contribution in [0.15, 0.2) is 48.5 Å². The summed E-state index contributed by atoms with van der Waals surface area (Å²) in [6.45, 7) is 0. The standard InChI is InChI=1S/C18H18ClNO2/c1-22-16-9-8-14(19)12-15(16)20-17(21)18(10-5-11-18)13-6-3-2-4-7-13/h2-4,6-9,12H,5,10-11H2,1H3,(H,20,21). The van der Waals surface area contributed by atoms with Crippen LogP contribution in [-0.4, -0.2) is 13.0 Å². The van der Waals surface area contributed by atoms with Gasteiger partial charge in [0.05, 0.1) is 18.2 Å². The van der Waals surface area contributed by atoms with E-state index in [9.17, 15) is 4.79 Å². The molecule has 2 aromatic carbocycles. The second kappa shape index (κ2) is 6.01. The normalized spacial score (nSPS) is 15.7. The number of amides is 1. The number of nitrogens with one attached hydrogen (secondary N) is 1. The van der Waals surface area contributed by atoms with Gasteiger partial charge in [-0.3, -0.25) is 4.79 Å². The van der Waals surface area contributed by atoms with Crippen LogP contribution in [0.25, 0.3) is 0 Å². The van der Waals surface area contributed by atoms with Crippen LogP contribution >= 0.6 is 11.6 Å². The summed E-state index contributed by atoms with van der Waals surface area (Å²) in [7, 11) is 1.58. The quantitative estimate of drug-likeness (QED) is 0.907. The second-order valence-electron chi connectivity index (χ2n) is 5.60. The molecule has 0 aromatic heterocycles. The molecule has 0 atom stereocenters. The summed E-state index contributed by atoms with van der Waals surface area (Å²) in [5.41, 5.74) is 1.25. The lowest BCUT2D eigenvalue weighted by atomic mass is 9.64. The Morgan fingerprint density at radius 2 is 1.91 bits per heavy atom. The number of anilines is 1. The van der Waals surface area contributed by atoms with Crippen LogP contribution in [0.3, 0.4) is 0 Å². The van der Waals surface area contributed by atoms with Crippen molar-refractivity contribution in [3.05, 3.63) is 59.1 Å². The Bertz CT molecular complexity index is 681. The zero-order valence-corrected chi connectivity index (χ0v) is 13.2. The van der Waals surface area contributed by atoms with Crippen molar-refractivity contribution < 1.29 is 9.53 Å². The SMILES string of the molecule is COc1ccc(Cl)cc1NC(=O)C1(c2ccccc2)CCC1. The van der Waals surface area contributed by atoms with E-state index in [2.05, 4.69) is 5.32 Å². The van der Waals surface area contributed by atoms with E-state index in [1.807, 2.05) is 30.3 Å². The van der Waals surface area contributed by atoms with Gasteiger partial charge in [-0.2, -0.15) is 0 Å². The zero-order valence-electron chi connectivity index (χ0n) is 12.4. The molecule has 0 spiro atoms. The maximum absolute atomic E-state index is 12.9. The molecule has 22 heavy (non-hydrogen) atoms. The first-order valence-corrected chi connectivity index (χ1v) is 7.74. The summed E-state index contributed by atoms with van der Waals surface area (Å²) in [5, 5.41) is 3.56. The predicted octanol–water partition coefficient (Wildman–Crippen LogP) is 4.41. The Labute approximate surface area is 135 Å². The van der Waals surface area contributed by atoms with Gasteiger partial charge < -0.3 is 10.1 Å². The Balaban J connectivity index is 1.89. The number of hydrogen-bond donors (Lipinski definition) is 1. The van der Waals surface area contributed by atoms with Gasteiger partial charge >= 0.3 is 0 Å². The van der Waals surface area contributed by atoms with Gasteiger partial charge in [0.1, 0.15) is 5.75 Å². The van der Waals surface area contributed by atoms with Gasteiger partial charge in [-0.1, -0.05) is 48.4 Å². The third-order valence-electron chi connectivity index (χ3n) is 4.38. The zero-order chi connectivity index (χ0) is 15.6. The molecule has 0 saturated heterocycles. The summed E-state index contributed by atoms with van der Waals surface area (Å²) in [6, 6.07) is 15.2. The van der Waals surface area contributed by atoms with Crippen molar-refractivity contribution in [2.24, 2.45) is 0 Å². The average molecular weight is 316 g/mol.